The number of rotatable bonds is 4. The first-order valence-electron chi connectivity index (χ1n) is 7.26. The lowest BCUT2D eigenvalue weighted by Gasteiger charge is -2.28. The molecule has 0 saturated carbocycles. The van der Waals surface area contributed by atoms with Crippen molar-refractivity contribution in [1.82, 2.24) is 5.32 Å². The lowest BCUT2D eigenvalue weighted by atomic mass is 9.93. The number of carbonyl (C=O) groups is 1. The number of amides is 1. The highest BCUT2D eigenvalue weighted by atomic mass is 32.2. The van der Waals surface area contributed by atoms with E-state index in [1.165, 1.54) is 14.6 Å². The molecule has 0 aliphatic carbocycles. The maximum Gasteiger partial charge on any atom is 0.224 e. The highest BCUT2D eigenvalue weighted by Crippen LogP contribution is 2.52. The van der Waals surface area contributed by atoms with Gasteiger partial charge in [0.25, 0.3) is 0 Å². The van der Waals surface area contributed by atoms with Crippen molar-refractivity contribution in [1.29, 1.82) is 0 Å². The van der Waals surface area contributed by atoms with Gasteiger partial charge in [-0.25, -0.2) is 0 Å². The molecule has 116 valence electrons. The molecule has 22 heavy (non-hydrogen) atoms. The van der Waals surface area contributed by atoms with Crippen molar-refractivity contribution in [2.75, 3.05) is 7.05 Å². The molecule has 2 aromatic rings. The maximum atomic E-state index is 12.0. The minimum absolute atomic E-state index is 0.0412. The smallest absolute Gasteiger partial charge is 0.224 e. The first-order chi connectivity index (χ1) is 10.5. The molecule has 3 unspecified atom stereocenters. The third kappa shape index (κ3) is 2.90. The van der Waals surface area contributed by atoms with Gasteiger partial charge in [0.15, 0.2) is 0 Å². The van der Waals surface area contributed by atoms with Gasteiger partial charge in [-0.2, -0.15) is 0 Å². The summed E-state index contributed by atoms with van der Waals surface area (Å²) >= 11 is 5.50. The second-order valence-electron chi connectivity index (χ2n) is 5.60. The summed E-state index contributed by atoms with van der Waals surface area (Å²) in [5.74, 6) is 0.0613. The van der Waals surface area contributed by atoms with Crippen molar-refractivity contribution in [3.05, 3.63) is 46.7 Å². The topological polar surface area (TPSA) is 29.1 Å². The van der Waals surface area contributed by atoms with Crippen LogP contribution in [0, 0.1) is 5.92 Å². The molecule has 2 nitrogen and oxygen atoms in total. The van der Waals surface area contributed by atoms with Crippen LogP contribution in [0.3, 0.4) is 0 Å². The van der Waals surface area contributed by atoms with Gasteiger partial charge in [-0.05, 0) is 30.5 Å². The van der Waals surface area contributed by atoms with Crippen LogP contribution in [0.25, 0.3) is 9.75 Å². The largest absolute Gasteiger partial charge is 0.359 e. The van der Waals surface area contributed by atoms with Crippen LogP contribution in [0.4, 0.5) is 0 Å². The van der Waals surface area contributed by atoms with Crippen LogP contribution in [0.1, 0.15) is 24.0 Å². The van der Waals surface area contributed by atoms with Gasteiger partial charge < -0.3 is 5.32 Å². The number of hydrogen-bond donors (Lipinski definition) is 1. The fourth-order valence-electron chi connectivity index (χ4n) is 2.56. The van der Waals surface area contributed by atoms with Gasteiger partial charge in [0.05, 0.1) is 11.2 Å². The van der Waals surface area contributed by atoms with Crippen LogP contribution in [0.5, 0.6) is 0 Å². The third-order valence-electron chi connectivity index (χ3n) is 4.15. The Morgan fingerprint density at radius 2 is 2.14 bits per heavy atom. The molecule has 1 aliphatic rings. The van der Waals surface area contributed by atoms with Crippen LogP contribution in [-0.2, 0) is 4.79 Å². The van der Waals surface area contributed by atoms with Gasteiger partial charge in [-0.1, -0.05) is 25.1 Å². The molecule has 0 aromatic carbocycles. The normalized spacial score (nSPS) is 25.3. The number of carbonyl (C=O) groups excluding carboxylic acids is 1. The van der Waals surface area contributed by atoms with E-state index in [-0.39, 0.29) is 16.6 Å². The Kier molecular flexibility index (Phi) is 4.48. The van der Waals surface area contributed by atoms with E-state index >= 15 is 0 Å². The molecule has 3 heterocycles. The Balaban J connectivity index is 1.76. The monoisotopic (exact) mass is 349 g/mol. The fourth-order valence-corrected chi connectivity index (χ4v) is 6.02. The zero-order chi connectivity index (χ0) is 15.7. The van der Waals surface area contributed by atoms with Crippen LogP contribution < -0.4 is 5.32 Å². The summed E-state index contributed by atoms with van der Waals surface area (Å²) in [7, 11) is 1.70. The van der Waals surface area contributed by atoms with Crippen LogP contribution >= 0.6 is 34.4 Å². The quantitative estimate of drug-likeness (QED) is 0.790. The van der Waals surface area contributed by atoms with E-state index in [9.17, 15) is 4.79 Å². The zero-order valence-electron chi connectivity index (χ0n) is 12.8. The highest BCUT2D eigenvalue weighted by Gasteiger charge is 2.40. The van der Waals surface area contributed by atoms with E-state index in [0.717, 1.165) is 0 Å². The van der Waals surface area contributed by atoms with E-state index < -0.39 is 0 Å². The van der Waals surface area contributed by atoms with E-state index in [1.54, 1.807) is 18.4 Å². The molecule has 0 spiro atoms. The molecular formula is C17H19NOS3. The Bertz CT molecular complexity index is 689. The summed E-state index contributed by atoms with van der Waals surface area (Å²) in [5.41, 5.74) is 0. The molecule has 1 N–H and O–H groups in total. The van der Waals surface area contributed by atoms with E-state index in [1.807, 2.05) is 30.0 Å². The lowest BCUT2D eigenvalue weighted by Crippen LogP contribution is -2.37. The van der Waals surface area contributed by atoms with Crippen molar-refractivity contribution in [2.45, 2.75) is 23.8 Å². The summed E-state index contributed by atoms with van der Waals surface area (Å²) in [6.07, 6.45) is 4.45. The molecule has 1 aliphatic heterocycles. The van der Waals surface area contributed by atoms with Gasteiger partial charge >= 0.3 is 0 Å². The zero-order valence-corrected chi connectivity index (χ0v) is 15.3. The number of hydrogen-bond acceptors (Lipinski definition) is 4. The number of thiophene rings is 2. The molecule has 2 aromatic heterocycles. The lowest BCUT2D eigenvalue weighted by molar-refractivity contribution is -0.124. The Morgan fingerprint density at radius 3 is 2.82 bits per heavy atom. The fraction of sp³-hybridized carbons (Fsp3) is 0.353. The van der Waals surface area contributed by atoms with Gasteiger partial charge in [-0.3, -0.25) is 4.79 Å². The van der Waals surface area contributed by atoms with E-state index in [2.05, 4.69) is 54.0 Å². The van der Waals surface area contributed by atoms with Crippen molar-refractivity contribution >= 4 is 40.3 Å². The SMILES string of the molecule is CNC(=O)C(C)C1(C)C=CC(c2ccc(-c3cccs3)s2)S1. The summed E-state index contributed by atoms with van der Waals surface area (Å²) in [4.78, 5) is 16.0. The van der Waals surface area contributed by atoms with Crippen molar-refractivity contribution in [2.24, 2.45) is 5.92 Å². The number of nitrogens with one attached hydrogen (secondary N) is 1. The molecule has 0 saturated heterocycles. The molecule has 0 radical (unpaired) electrons. The first-order valence-corrected chi connectivity index (χ1v) is 9.83. The highest BCUT2D eigenvalue weighted by molar-refractivity contribution is 8.01. The summed E-state index contributed by atoms with van der Waals surface area (Å²) in [5, 5.41) is 5.22. The summed E-state index contributed by atoms with van der Waals surface area (Å²) in [6.45, 7) is 4.16. The van der Waals surface area contributed by atoms with Crippen LogP contribution in [0.15, 0.2) is 41.8 Å². The van der Waals surface area contributed by atoms with Gasteiger partial charge in [0, 0.05) is 26.4 Å². The summed E-state index contributed by atoms with van der Waals surface area (Å²) in [6, 6.07) is 8.68. The molecule has 1 amide bonds. The van der Waals surface area contributed by atoms with Gasteiger partial charge in [-0.15, -0.1) is 34.4 Å². The van der Waals surface area contributed by atoms with Gasteiger partial charge in [0.2, 0.25) is 5.91 Å². The molecule has 0 fully saturated rings. The first kappa shape index (κ1) is 15.8. The molecule has 3 atom stereocenters. The summed E-state index contributed by atoms with van der Waals surface area (Å²) < 4.78 is -0.141. The van der Waals surface area contributed by atoms with Crippen LogP contribution in [0.2, 0.25) is 0 Å². The molecule has 3 rings (SSSR count). The van der Waals surface area contributed by atoms with Gasteiger partial charge in [0.1, 0.15) is 0 Å². The van der Waals surface area contributed by atoms with E-state index in [4.69, 9.17) is 0 Å². The average Bonchev–Trinajstić information content (AvgIpc) is 3.24. The molecule has 5 heteroatoms. The number of thioether (sulfide) groups is 1. The second kappa shape index (κ2) is 6.22. The maximum absolute atomic E-state index is 12.0. The predicted octanol–water partition coefficient (Wildman–Crippen LogP) is 4.96. The van der Waals surface area contributed by atoms with Crippen LogP contribution in [-0.4, -0.2) is 17.7 Å². The molecule has 0 bridgehead atoms. The van der Waals surface area contributed by atoms with Crippen molar-refractivity contribution in [3.63, 3.8) is 0 Å². The standard InChI is InChI=1S/C17H19NOS3/c1-11(16(19)18-3)17(2)9-8-15(22-17)14-7-6-13(21-14)12-5-4-10-20-12/h4-11,15H,1-3H3,(H,18,19). The Labute approximate surface area is 143 Å². The Hall–Kier alpha value is -1.04. The van der Waals surface area contributed by atoms with Crippen molar-refractivity contribution in [3.8, 4) is 9.75 Å². The molecular weight excluding hydrogens is 330 g/mol. The second-order valence-corrected chi connectivity index (χ2v) is 9.28. The predicted molar refractivity (Wildman–Crippen MR) is 98.7 cm³/mol. The Morgan fingerprint density at radius 1 is 1.32 bits per heavy atom. The average molecular weight is 350 g/mol. The third-order valence-corrected chi connectivity index (χ3v) is 8.20. The van der Waals surface area contributed by atoms with E-state index in [0.29, 0.717) is 5.25 Å². The minimum atomic E-state index is -0.141. The minimum Gasteiger partial charge on any atom is -0.359 e. The van der Waals surface area contributed by atoms with Crippen molar-refractivity contribution < 1.29 is 4.79 Å².